The SMILES string of the molecule is O=C(O)Nc1ccc(-c2cnc[nH]2)cn1. The van der Waals surface area contributed by atoms with Crippen LogP contribution in [0.25, 0.3) is 11.3 Å². The second-order valence-corrected chi connectivity index (χ2v) is 2.83. The highest BCUT2D eigenvalue weighted by Crippen LogP contribution is 2.15. The van der Waals surface area contributed by atoms with E-state index >= 15 is 0 Å². The summed E-state index contributed by atoms with van der Waals surface area (Å²) in [6.45, 7) is 0. The molecule has 0 radical (unpaired) electrons. The minimum absolute atomic E-state index is 0.297. The van der Waals surface area contributed by atoms with Crippen LogP contribution in [0.1, 0.15) is 0 Å². The molecule has 0 bridgehead atoms. The summed E-state index contributed by atoms with van der Waals surface area (Å²) in [6, 6.07) is 3.34. The van der Waals surface area contributed by atoms with Gasteiger partial charge in [0.25, 0.3) is 0 Å². The number of amides is 1. The van der Waals surface area contributed by atoms with Crippen molar-refractivity contribution < 1.29 is 9.90 Å². The van der Waals surface area contributed by atoms with Crippen molar-refractivity contribution in [2.75, 3.05) is 5.32 Å². The predicted octanol–water partition coefficient (Wildman–Crippen LogP) is 1.56. The van der Waals surface area contributed by atoms with E-state index in [1.165, 1.54) is 0 Å². The topological polar surface area (TPSA) is 90.9 Å². The van der Waals surface area contributed by atoms with Gasteiger partial charge in [0.2, 0.25) is 0 Å². The summed E-state index contributed by atoms with van der Waals surface area (Å²) < 4.78 is 0. The van der Waals surface area contributed by atoms with Gasteiger partial charge in [-0.1, -0.05) is 0 Å². The fourth-order valence-electron chi connectivity index (χ4n) is 1.15. The van der Waals surface area contributed by atoms with Crippen LogP contribution in [0.4, 0.5) is 10.6 Å². The number of rotatable bonds is 2. The lowest BCUT2D eigenvalue weighted by atomic mass is 10.2. The van der Waals surface area contributed by atoms with Crippen molar-refractivity contribution in [3.8, 4) is 11.3 Å². The summed E-state index contributed by atoms with van der Waals surface area (Å²) >= 11 is 0. The fourth-order valence-corrected chi connectivity index (χ4v) is 1.15. The summed E-state index contributed by atoms with van der Waals surface area (Å²) in [5.74, 6) is 0.297. The van der Waals surface area contributed by atoms with Crippen molar-refractivity contribution in [3.63, 3.8) is 0 Å². The Kier molecular flexibility index (Phi) is 2.32. The van der Waals surface area contributed by atoms with E-state index in [0.717, 1.165) is 11.3 Å². The minimum Gasteiger partial charge on any atom is -0.465 e. The molecule has 2 aromatic rings. The molecule has 6 heteroatoms. The standard InChI is InChI=1S/C9H8N4O2/c14-9(15)13-8-2-1-6(3-11-8)7-4-10-5-12-7/h1-5H,(H,10,12)(H,11,13)(H,14,15). The molecular formula is C9H8N4O2. The van der Waals surface area contributed by atoms with Gasteiger partial charge >= 0.3 is 6.09 Å². The number of nitrogens with one attached hydrogen (secondary N) is 2. The van der Waals surface area contributed by atoms with E-state index in [2.05, 4.69) is 20.3 Å². The Balaban J connectivity index is 2.21. The molecule has 0 fully saturated rings. The van der Waals surface area contributed by atoms with Gasteiger partial charge in [0, 0.05) is 11.8 Å². The van der Waals surface area contributed by atoms with Gasteiger partial charge in [0.15, 0.2) is 0 Å². The number of hydrogen-bond acceptors (Lipinski definition) is 3. The van der Waals surface area contributed by atoms with Crippen LogP contribution in [-0.2, 0) is 0 Å². The first-order chi connectivity index (χ1) is 7.25. The number of carbonyl (C=O) groups is 1. The molecule has 2 aromatic heterocycles. The van der Waals surface area contributed by atoms with Crippen molar-refractivity contribution in [1.29, 1.82) is 0 Å². The monoisotopic (exact) mass is 204 g/mol. The zero-order chi connectivity index (χ0) is 10.7. The average Bonchev–Trinajstić information content (AvgIpc) is 2.71. The lowest BCUT2D eigenvalue weighted by molar-refractivity contribution is 0.209. The number of hydrogen-bond donors (Lipinski definition) is 3. The quantitative estimate of drug-likeness (QED) is 0.692. The highest BCUT2D eigenvalue weighted by Gasteiger charge is 2.01. The molecule has 1 amide bonds. The number of imidazole rings is 1. The van der Waals surface area contributed by atoms with E-state index in [-0.39, 0.29) is 0 Å². The molecule has 2 rings (SSSR count). The number of nitrogens with zero attached hydrogens (tertiary/aromatic N) is 2. The third-order valence-corrected chi connectivity index (χ3v) is 1.81. The van der Waals surface area contributed by atoms with Crippen LogP contribution in [0.15, 0.2) is 30.9 Å². The molecule has 2 heterocycles. The van der Waals surface area contributed by atoms with Gasteiger partial charge in [-0.25, -0.2) is 14.8 Å². The van der Waals surface area contributed by atoms with Crippen molar-refractivity contribution in [2.24, 2.45) is 0 Å². The molecule has 76 valence electrons. The Labute approximate surface area is 85.0 Å². The molecule has 0 aliphatic heterocycles. The van der Waals surface area contributed by atoms with Gasteiger partial charge in [0.05, 0.1) is 18.2 Å². The van der Waals surface area contributed by atoms with Gasteiger partial charge in [0.1, 0.15) is 5.82 Å². The summed E-state index contributed by atoms with van der Waals surface area (Å²) in [4.78, 5) is 21.1. The molecule has 3 N–H and O–H groups in total. The molecule has 6 nitrogen and oxygen atoms in total. The first-order valence-corrected chi connectivity index (χ1v) is 4.20. The third kappa shape index (κ3) is 2.11. The van der Waals surface area contributed by atoms with Crippen molar-refractivity contribution in [1.82, 2.24) is 15.0 Å². The average molecular weight is 204 g/mol. The Morgan fingerprint density at radius 1 is 1.40 bits per heavy atom. The van der Waals surface area contributed by atoms with Gasteiger partial charge in [-0.2, -0.15) is 0 Å². The van der Waals surface area contributed by atoms with Crippen LogP contribution in [0.3, 0.4) is 0 Å². The Hall–Kier alpha value is -2.37. The first kappa shape index (κ1) is 9.20. The minimum atomic E-state index is -1.13. The molecule has 0 aliphatic carbocycles. The molecule has 0 spiro atoms. The predicted molar refractivity (Wildman–Crippen MR) is 53.5 cm³/mol. The number of H-pyrrole nitrogens is 1. The Morgan fingerprint density at radius 3 is 2.80 bits per heavy atom. The molecule has 0 aromatic carbocycles. The highest BCUT2D eigenvalue weighted by molar-refractivity contribution is 5.81. The summed E-state index contributed by atoms with van der Waals surface area (Å²) in [7, 11) is 0. The van der Waals surface area contributed by atoms with E-state index in [0.29, 0.717) is 5.82 Å². The fraction of sp³-hybridized carbons (Fsp3) is 0. The number of carboxylic acid groups (broad SMARTS) is 1. The van der Waals surface area contributed by atoms with E-state index in [9.17, 15) is 4.79 Å². The normalized spacial score (nSPS) is 9.87. The molecule has 0 saturated heterocycles. The lowest BCUT2D eigenvalue weighted by Gasteiger charge is -2.00. The molecular weight excluding hydrogens is 196 g/mol. The van der Waals surface area contributed by atoms with Crippen molar-refractivity contribution in [3.05, 3.63) is 30.9 Å². The molecule has 0 unspecified atom stereocenters. The number of anilines is 1. The van der Waals surface area contributed by atoms with Crippen LogP contribution in [-0.4, -0.2) is 26.2 Å². The lowest BCUT2D eigenvalue weighted by Crippen LogP contribution is -2.08. The van der Waals surface area contributed by atoms with Crippen LogP contribution in [0, 0.1) is 0 Å². The van der Waals surface area contributed by atoms with Gasteiger partial charge < -0.3 is 10.1 Å². The van der Waals surface area contributed by atoms with Crippen LogP contribution in [0.5, 0.6) is 0 Å². The highest BCUT2D eigenvalue weighted by atomic mass is 16.4. The third-order valence-electron chi connectivity index (χ3n) is 1.81. The Morgan fingerprint density at radius 2 is 2.27 bits per heavy atom. The summed E-state index contributed by atoms with van der Waals surface area (Å²) in [5.41, 5.74) is 1.69. The Bertz CT molecular complexity index is 449. The summed E-state index contributed by atoms with van der Waals surface area (Å²) in [6.07, 6.45) is 3.68. The van der Waals surface area contributed by atoms with Gasteiger partial charge in [-0.05, 0) is 12.1 Å². The zero-order valence-corrected chi connectivity index (χ0v) is 7.64. The molecule has 0 aliphatic rings. The largest absolute Gasteiger partial charge is 0.465 e. The maximum Gasteiger partial charge on any atom is 0.410 e. The zero-order valence-electron chi connectivity index (χ0n) is 7.64. The maximum absolute atomic E-state index is 10.3. The molecule has 0 atom stereocenters. The van der Waals surface area contributed by atoms with E-state index in [1.807, 2.05) is 0 Å². The second-order valence-electron chi connectivity index (χ2n) is 2.83. The van der Waals surface area contributed by atoms with Gasteiger partial charge in [-0.3, -0.25) is 5.32 Å². The van der Waals surface area contributed by atoms with Gasteiger partial charge in [-0.15, -0.1) is 0 Å². The van der Waals surface area contributed by atoms with Crippen LogP contribution >= 0.6 is 0 Å². The number of aromatic amines is 1. The van der Waals surface area contributed by atoms with E-state index in [4.69, 9.17) is 5.11 Å². The van der Waals surface area contributed by atoms with Crippen LogP contribution in [0.2, 0.25) is 0 Å². The maximum atomic E-state index is 10.3. The van der Waals surface area contributed by atoms with E-state index in [1.54, 1.807) is 30.9 Å². The summed E-state index contributed by atoms with van der Waals surface area (Å²) in [5, 5.41) is 10.6. The second kappa shape index (κ2) is 3.79. The number of pyridine rings is 1. The van der Waals surface area contributed by atoms with Crippen LogP contribution < -0.4 is 5.32 Å². The molecule has 0 saturated carbocycles. The van der Waals surface area contributed by atoms with Crippen molar-refractivity contribution in [2.45, 2.75) is 0 Å². The van der Waals surface area contributed by atoms with E-state index < -0.39 is 6.09 Å². The number of aromatic nitrogens is 3. The smallest absolute Gasteiger partial charge is 0.410 e. The molecule has 15 heavy (non-hydrogen) atoms. The van der Waals surface area contributed by atoms with Crippen molar-refractivity contribution >= 4 is 11.9 Å². The first-order valence-electron chi connectivity index (χ1n) is 4.20.